The van der Waals surface area contributed by atoms with Crippen LogP contribution in [0.15, 0.2) is 24.3 Å². The van der Waals surface area contributed by atoms with Crippen molar-refractivity contribution >= 4 is 11.7 Å². The maximum atomic E-state index is 11.0. The predicted molar refractivity (Wildman–Crippen MR) is 55.9 cm³/mol. The first-order valence-corrected chi connectivity index (χ1v) is 4.55. The summed E-state index contributed by atoms with van der Waals surface area (Å²) in [4.78, 5) is 11.0. The summed E-state index contributed by atoms with van der Waals surface area (Å²) in [6, 6.07) is 7.54. The van der Waals surface area contributed by atoms with Gasteiger partial charge in [0, 0.05) is 5.69 Å². The summed E-state index contributed by atoms with van der Waals surface area (Å²) < 4.78 is 4.60. The van der Waals surface area contributed by atoms with Crippen molar-refractivity contribution in [1.29, 1.82) is 0 Å². The van der Waals surface area contributed by atoms with Crippen LogP contribution >= 0.6 is 0 Å². The Morgan fingerprint density at radius 1 is 1.43 bits per heavy atom. The van der Waals surface area contributed by atoms with E-state index >= 15 is 0 Å². The summed E-state index contributed by atoms with van der Waals surface area (Å²) in [5.41, 5.74) is 7.40. The quantitative estimate of drug-likeness (QED) is 0.589. The zero-order valence-electron chi connectivity index (χ0n) is 8.49. The summed E-state index contributed by atoms with van der Waals surface area (Å²) in [5, 5.41) is 0. The van der Waals surface area contributed by atoms with Crippen LogP contribution in [0.4, 0.5) is 5.69 Å². The molecule has 1 atom stereocenters. The number of carbonyl (C=O) groups is 1. The van der Waals surface area contributed by atoms with Gasteiger partial charge in [-0.3, -0.25) is 4.79 Å². The predicted octanol–water partition coefficient (Wildman–Crippen LogP) is 1.94. The fourth-order valence-corrected chi connectivity index (χ4v) is 1.28. The van der Waals surface area contributed by atoms with Crippen molar-refractivity contribution < 1.29 is 9.53 Å². The molecule has 1 unspecified atom stereocenters. The molecular formula is C11H15NO2. The van der Waals surface area contributed by atoms with Gasteiger partial charge < -0.3 is 10.5 Å². The number of benzene rings is 1. The summed E-state index contributed by atoms with van der Waals surface area (Å²) in [6.07, 6.45) is 0.403. The largest absolute Gasteiger partial charge is 0.469 e. The molecule has 3 heteroatoms. The number of rotatable bonds is 3. The van der Waals surface area contributed by atoms with Crippen molar-refractivity contribution in [1.82, 2.24) is 0 Å². The minimum absolute atomic E-state index is 0.169. The van der Waals surface area contributed by atoms with E-state index in [1.54, 1.807) is 0 Å². The van der Waals surface area contributed by atoms with Gasteiger partial charge in [0.2, 0.25) is 0 Å². The first-order chi connectivity index (χ1) is 6.63. The van der Waals surface area contributed by atoms with Gasteiger partial charge in [-0.05, 0) is 23.6 Å². The summed E-state index contributed by atoms with van der Waals surface area (Å²) in [6.45, 7) is 1.99. The minimum atomic E-state index is -0.186. The Hall–Kier alpha value is -1.51. The van der Waals surface area contributed by atoms with Gasteiger partial charge in [-0.15, -0.1) is 0 Å². The molecule has 14 heavy (non-hydrogen) atoms. The molecule has 1 rings (SSSR count). The molecule has 0 saturated heterocycles. The number of hydrogen-bond donors (Lipinski definition) is 1. The van der Waals surface area contributed by atoms with Gasteiger partial charge in [-0.25, -0.2) is 0 Å². The van der Waals surface area contributed by atoms with Crippen molar-refractivity contribution in [3.05, 3.63) is 29.8 Å². The second kappa shape index (κ2) is 4.65. The number of nitrogen functional groups attached to an aromatic ring is 1. The fourth-order valence-electron chi connectivity index (χ4n) is 1.28. The molecule has 3 nitrogen and oxygen atoms in total. The molecule has 0 aliphatic carbocycles. The fraction of sp³-hybridized carbons (Fsp3) is 0.364. The lowest BCUT2D eigenvalue weighted by molar-refractivity contribution is -0.140. The lowest BCUT2D eigenvalue weighted by atomic mass is 9.98. The number of esters is 1. The van der Waals surface area contributed by atoms with Crippen LogP contribution in [0.25, 0.3) is 0 Å². The summed E-state index contributed by atoms with van der Waals surface area (Å²) >= 11 is 0. The first kappa shape index (κ1) is 10.6. The lowest BCUT2D eigenvalue weighted by Crippen LogP contribution is -2.05. The number of hydrogen-bond acceptors (Lipinski definition) is 3. The normalized spacial score (nSPS) is 12.1. The lowest BCUT2D eigenvalue weighted by Gasteiger charge is -2.10. The van der Waals surface area contributed by atoms with Gasteiger partial charge in [0.25, 0.3) is 0 Å². The van der Waals surface area contributed by atoms with E-state index in [-0.39, 0.29) is 11.9 Å². The maximum absolute atomic E-state index is 11.0. The molecule has 0 fully saturated rings. The summed E-state index contributed by atoms with van der Waals surface area (Å²) in [5.74, 6) is -0.0163. The molecule has 0 saturated carbocycles. The Morgan fingerprint density at radius 2 is 2.00 bits per heavy atom. The van der Waals surface area contributed by atoms with E-state index in [0.717, 1.165) is 11.3 Å². The van der Waals surface area contributed by atoms with Crippen LogP contribution in [0.2, 0.25) is 0 Å². The average molecular weight is 193 g/mol. The van der Waals surface area contributed by atoms with Crippen molar-refractivity contribution in [3.63, 3.8) is 0 Å². The molecule has 1 aromatic carbocycles. The smallest absolute Gasteiger partial charge is 0.306 e. The second-order valence-electron chi connectivity index (χ2n) is 3.35. The van der Waals surface area contributed by atoms with E-state index in [1.165, 1.54) is 7.11 Å². The second-order valence-corrected chi connectivity index (χ2v) is 3.35. The van der Waals surface area contributed by atoms with Crippen LogP contribution in [-0.4, -0.2) is 13.1 Å². The van der Waals surface area contributed by atoms with E-state index in [1.807, 2.05) is 31.2 Å². The van der Waals surface area contributed by atoms with E-state index < -0.39 is 0 Å². The van der Waals surface area contributed by atoms with Crippen LogP contribution in [0.1, 0.15) is 24.8 Å². The third kappa shape index (κ3) is 2.76. The molecule has 0 aromatic heterocycles. The molecule has 1 aromatic rings. The Kier molecular flexibility index (Phi) is 3.51. The van der Waals surface area contributed by atoms with E-state index in [0.29, 0.717) is 6.42 Å². The molecule has 2 N–H and O–H groups in total. The molecule has 76 valence electrons. The Labute approximate surface area is 83.9 Å². The highest BCUT2D eigenvalue weighted by Gasteiger charge is 2.10. The van der Waals surface area contributed by atoms with Gasteiger partial charge >= 0.3 is 5.97 Å². The minimum Gasteiger partial charge on any atom is -0.469 e. The van der Waals surface area contributed by atoms with Gasteiger partial charge in [0.1, 0.15) is 0 Å². The highest BCUT2D eigenvalue weighted by atomic mass is 16.5. The highest BCUT2D eigenvalue weighted by Crippen LogP contribution is 2.20. The van der Waals surface area contributed by atoms with Crippen LogP contribution < -0.4 is 5.73 Å². The van der Waals surface area contributed by atoms with Crippen molar-refractivity contribution in [2.75, 3.05) is 12.8 Å². The van der Waals surface area contributed by atoms with Crippen LogP contribution in [0.3, 0.4) is 0 Å². The third-order valence-electron chi connectivity index (χ3n) is 2.21. The molecule has 0 heterocycles. The average Bonchev–Trinajstić information content (AvgIpc) is 2.18. The van der Waals surface area contributed by atoms with Gasteiger partial charge in [-0.2, -0.15) is 0 Å². The number of ether oxygens (including phenoxy) is 1. The number of anilines is 1. The number of carbonyl (C=O) groups excluding carboxylic acids is 1. The molecule has 0 aliphatic heterocycles. The highest BCUT2D eigenvalue weighted by molar-refractivity contribution is 5.70. The van der Waals surface area contributed by atoms with Gasteiger partial charge in [-0.1, -0.05) is 19.1 Å². The molecule has 0 amide bonds. The monoisotopic (exact) mass is 193 g/mol. The molecule has 0 bridgehead atoms. The van der Waals surface area contributed by atoms with E-state index in [2.05, 4.69) is 4.74 Å². The van der Waals surface area contributed by atoms with Gasteiger partial charge in [0.15, 0.2) is 0 Å². The third-order valence-corrected chi connectivity index (χ3v) is 2.21. The topological polar surface area (TPSA) is 52.3 Å². The van der Waals surface area contributed by atoms with Crippen molar-refractivity contribution in [2.24, 2.45) is 0 Å². The number of methoxy groups -OCH3 is 1. The van der Waals surface area contributed by atoms with Gasteiger partial charge in [0.05, 0.1) is 13.5 Å². The molecule has 0 spiro atoms. The van der Waals surface area contributed by atoms with Crippen LogP contribution in [-0.2, 0) is 9.53 Å². The Bertz CT molecular complexity index is 306. The standard InChI is InChI=1S/C11H15NO2/c1-8(7-11(13)14-2)9-3-5-10(12)6-4-9/h3-6,8H,7,12H2,1-2H3. The van der Waals surface area contributed by atoms with Crippen LogP contribution in [0.5, 0.6) is 0 Å². The van der Waals surface area contributed by atoms with E-state index in [9.17, 15) is 4.79 Å². The molecular weight excluding hydrogens is 178 g/mol. The SMILES string of the molecule is COC(=O)CC(C)c1ccc(N)cc1. The zero-order chi connectivity index (χ0) is 10.6. The summed E-state index contributed by atoms with van der Waals surface area (Å²) in [7, 11) is 1.40. The van der Waals surface area contributed by atoms with Crippen molar-refractivity contribution in [2.45, 2.75) is 19.3 Å². The Morgan fingerprint density at radius 3 is 2.50 bits per heavy atom. The first-order valence-electron chi connectivity index (χ1n) is 4.55. The maximum Gasteiger partial charge on any atom is 0.306 e. The number of nitrogens with two attached hydrogens (primary N) is 1. The van der Waals surface area contributed by atoms with Crippen molar-refractivity contribution in [3.8, 4) is 0 Å². The van der Waals surface area contributed by atoms with Crippen LogP contribution in [0, 0.1) is 0 Å². The zero-order valence-corrected chi connectivity index (χ0v) is 8.49. The molecule has 0 radical (unpaired) electrons. The molecule has 0 aliphatic rings. The van der Waals surface area contributed by atoms with E-state index in [4.69, 9.17) is 5.73 Å². The Balaban J connectivity index is 2.65.